The molecule has 0 aliphatic carbocycles. The molecule has 0 saturated carbocycles. The average molecular weight is 440 g/mol. The number of fused-ring (bicyclic) bond motifs is 2. The predicted octanol–water partition coefficient (Wildman–Crippen LogP) is 3.96. The van der Waals surface area contributed by atoms with Gasteiger partial charge in [0.15, 0.2) is 16.5 Å². The minimum Gasteiger partial charge on any atom is -0.435 e. The Balaban J connectivity index is 1.61. The van der Waals surface area contributed by atoms with Crippen molar-refractivity contribution in [2.75, 3.05) is 5.32 Å². The van der Waals surface area contributed by atoms with E-state index in [0.717, 1.165) is 11.3 Å². The minimum atomic E-state index is -2.90. The molecule has 26 heavy (non-hydrogen) atoms. The molecule has 1 aromatic carbocycles. The maximum Gasteiger partial charge on any atom is 0.387 e. The first-order valence-electron chi connectivity index (χ1n) is 7.17. The molecule has 0 unspecified atom stereocenters. The van der Waals surface area contributed by atoms with Crippen molar-refractivity contribution < 1.29 is 18.3 Å². The molecule has 0 saturated heterocycles. The molecule has 1 amide bonds. The van der Waals surface area contributed by atoms with Gasteiger partial charge in [0.05, 0.1) is 14.7 Å². The lowest BCUT2D eigenvalue weighted by molar-refractivity contribution is -0.0497. The van der Waals surface area contributed by atoms with Gasteiger partial charge in [0, 0.05) is 12.4 Å². The fraction of sp³-hybridized carbons (Fsp3) is 0.0667. The van der Waals surface area contributed by atoms with Gasteiger partial charge in [-0.2, -0.15) is 13.9 Å². The van der Waals surface area contributed by atoms with Crippen LogP contribution in [0.3, 0.4) is 0 Å². The van der Waals surface area contributed by atoms with Gasteiger partial charge in [-0.25, -0.2) is 14.5 Å². The van der Waals surface area contributed by atoms with E-state index in [1.807, 2.05) is 0 Å². The third-order valence-corrected chi connectivity index (χ3v) is 5.02. The second-order valence-corrected chi connectivity index (χ2v) is 6.86. The van der Waals surface area contributed by atoms with Gasteiger partial charge in [0.1, 0.15) is 5.75 Å². The first-order chi connectivity index (χ1) is 12.5. The summed E-state index contributed by atoms with van der Waals surface area (Å²) in [5.74, 6) is -0.436. The van der Waals surface area contributed by atoms with E-state index < -0.39 is 12.5 Å². The molecule has 0 fully saturated rings. The van der Waals surface area contributed by atoms with Gasteiger partial charge in [-0.3, -0.25) is 10.1 Å². The highest BCUT2D eigenvalue weighted by Crippen LogP contribution is 2.30. The highest BCUT2D eigenvalue weighted by Gasteiger charge is 2.19. The van der Waals surface area contributed by atoms with Crippen LogP contribution in [0.4, 0.5) is 13.9 Å². The Bertz CT molecular complexity index is 1130. The highest BCUT2D eigenvalue weighted by molar-refractivity contribution is 9.10. The molecule has 0 aliphatic rings. The number of nitrogens with zero attached hydrogens (tertiary/aromatic N) is 4. The van der Waals surface area contributed by atoms with Crippen LogP contribution >= 0.6 is 27.3 Å². The van der Waals surface area contributed by atoms with E-state index >= 15 is 0 Å². The zero-order valence-corrected chi connectivity index (χ0v) is 15.1. The number of ether oxygens (including phenoxy) is 1. The Morgan fingerprint density at radius 2 is 2.23 bits per heavy atom. The van der Waals surface area contributed by atoms with Crippen LogP contribution in [0.2, 0.25) is 0 Å². The molecule has 1 N–H and O–H groups in total. The summed E-state index contributed by atoms with van der Waals surface area (Å²) in [6.07, 6.45) is 3.27. The van der Waals surface area contributed by atoms with Gasteiger partial charge in [0.2, 0.25) is 0 Å². The number of rotatable bonds is 4. The van der Waals surface area contributed by atoms with Crippen LogP contribution in [0.1, 0.15) is 10.5 Å². The minimum absolute atomic E-state index is 0.0307. The lowest BCUT2D eigenvalue weighted by Gasteiger charge is -2.02. The molecule has 7 nitrogen and oxygen atoms in total. The lowest BCUT2D eigenvalue weighted by atomic mass is 10.3. The first-order valence-corrected chi connectivity index (χ1v) is 8.78. The SMILES string of the molecule is O=C(Nc1nc2ccc(OC(F)F)cc2s1)c1nn2cccnc2c1Br. The van der Waals surface area contributed by atoms with E-state index in [9.17, 15) is 13.6 Å². The van der Waals surface area contributed by atoms with Crippen molar-refractivity contribution in [1.82, 2.24) is 19.6 Å². The number of aromatic nitrogens is 4. The maximum absolute atomic E-state index is 12.5. The van der Waals surface area contributed by atoms with Crippen molar-refractivity contribution in [3.05, 3.63) is 46.8 Å². The van der Waals surface area contributed by atoms with Crippen molar-refractivity contribution >= 4 is 54.2 Å². The molecular weight excluding hydrogens is 432 g/mol. The van der Waals surface area contributed by atoms with Gasteiger partial charge in [-0.1, -0.05) is 11.3 Å². The third-order valence-electron chi connectivity index (χ3n) is 3.36. The van der Waals surface area contributed by atoms with Gasteiger partial charge in [-0.05, 0) is 40.2 Å². The zero-order valence-electron chi connectivity index (χ0n) is 12.7. The predicted molar refractivity (Wildman–Crippen MR) is 94.9 cm³/mol. The smallest absolute Gasteiger partial charge is 0.387 e. The van der Waals surface area contributed by atoms with Crippen LogP contribution in [-0.4, -0.2) is 32.1 Å². The summed E-state index contributed by atoms with van der Waals surface area (Å²) in [5.41, 5.74) is 1.23. The highest BCUT2D eigenvalue weighted by atomic mass is 79.9. The summed E-state index contributed by atoms with van der Waals surface area (Å²) in [6, 6.07) is 6.08. The number of halogens is 3. The molecule has 0 bridgehead atoms. The summed E-state index contributed by atoms with van der Waals surface area (Å²) in [7, 11) is 0. The van der Waals surface area contributed by atoms with Crippen molar-refractivity contribution in [2.45, 2.75) is 6.61 Å². The quantitative estimate of drug-likeness (QED) is 0.520. The standard InChI is InChI=1S/C15H8BrF2N5O2S/c16-10-11(22-23-5-1-4-19-12(10)23)13(24)21-15-20-8-3-2-7(25-14(17)18)6-9(8)26-15/h1-6,14H,(H,20,21,24). The summed E-state index contributed by atoms with van der Waals surface area (Å²) < 4.78 is 31.5. The number of amides is 1. The van der Waals surface area contributed by atoms with Crippen LogP contribution in [-0.2, 0) is 0 Å². The van der Waals surface area contributed by atoms with E-state index in [-0.39, 0.29) is 11.4 Å². The zero-order chi connectivity index (χ0) is 18.3. The fourth-order valence-corrected chi connectivity index (χ4v) is 3.73. The Labute approximate surface area is 156 Å². The van der Waals surface area contributed by atoms with Crippen molar-refractivity contribution in [2.24, 2.45) is 0 Å². The summed E-state index contributed by atoms with van der Waals surface area (Å²) in [5, 5.41) is 7.15. The first kappa shape index (κ1) is 16.8. The average Bonchev–Trinajstić information content (AvgIpc) is 3.15. The second-order valence-electron chi connectivity index (χ2n) is 5.03. The van der Waals surface area contributed by atoms with Gasteiger partial charge >= 0.3 is 6.61 Å². The van der Waals surface area contributed by atoms with E-state index in [1.54, 1.807) is 24.5 Å². The number of benzene rings is 1. The molecule has 0 spiro atoms. The third kappa shape index (κ3) is 3.10. The topological polar surface area (TPSA) is 81.4 Å². The molecule has 132 valence electrons. The molecule has 11 heteroatoms. The van der Waals surface area contributed by atoms with E-state index in [2.05, 4.69) is 41.1 Å². The Kier molecular flexibility index (Phi) is 4.24. The molecule has 4 rings (SSSR count). The van der Waals surface area contributed by atoms with Crippen LogP contribution in [0.25, 0.3) is 15.9 Å². The molecule has 0 radical (unpaired) electrons. The number of hydrogen-bond donors (Lipinski definition) is 1. The Morgan fingerprint density at radius 1 is 1.38 bits per heavy atom. The fourth-order valence-electron chi connectivity index (χ4n) is 2.29. The maximum atomic E-state index is 12.5. The van der Waals surface area contributed by atoms with Crippen molar-refractivity contribution in [1.29, 1.82) is 0 Å². The molecule has 0 aliphatic heterocycles. The molecule has 3 heterocycles. The van der Waals surface area contributed by atoms with E-state index in [0.29, 0.717) is 25.5 Å². The van der Waals surface area contributed by atoms with Gasteiger partial charge in [-0.15, -0.1) is 0 Å². The lowest BCUT2D eigenvalue weighted by Crippen LogP contribution is -2.13. The normalized spacial score (nSPS) is 11.4. The van der Waals surface area contributed by atoms with E-state index in [4.69, 9.17) is 0 Å². The van der Waals surface area contributed by atoms with Crippen LogP contribution in [0, 0.1) is 0 Å². The van der Waals surface area contributed by atoms with Crippen molar-refractivity contribution in [3.63, 3.8) is 0 Å². The van der Waals surface area contributed by atoms with Gasteiger partial charge < -0.3 is 4.74 Å². The number of thiazole rings is 1. The number of carbonyl (C=O) groups excluding carboxylic acids is 1. The largest absolute Gasteiger partial charge is 0.435 e. The summed E-state index contributed by atoms with van der Waals surface area (Å²) in [6.45, 7) is -2.90. The van der Waals surface area contributed by atoms with Gasteiger partial charge in [0.25, 0.3) is 5.91 Å². The number of anilines is 1. The summed E-state index contributed by atoms with van der Waals surface area (Å²) >= 11 is 4.46. The summed E-state index contributed by atoms with van der Waals surface area (Å²) in [4.78, 5) is 20.9. The second kappa shape index (κ2) is 6.57. The van der Waals surface area contributed by atoms with Crippen LogP contribution in [0.15, 0.2) is 41.1 Å². The van der Waals surface area contributed by atoms with Crippen molar-refractivity contribution in [3.8, 4) is 5.75 Å². The Hall–Kier alpha value is -2.66. The number of hydrogen-bond acceptors (Lipinski definition) is 6. The monoisotopic (exact) mass is 439 g/mol. The molecule has 4 aromatic rings. The van der Waals surface area contributed by atoms with Crippen LogP contribution in [0.5, 0.6) is 5.75 Å². The molecular formula is C15H8BrF2N5O2S. The Morgan fingerprint density at radius 3 is 3.00 bits per heavy atom. The van der Waals surface area contributed by atoms with E-state index in [1.165, 1.54) is 16.6 Å². The van der Waals surface area contributed by atoms with Crippen LogP contribution < -0.4 is 10.1 Å². The number of alkyl halides is 2. The molecule has 0 atom stereocenters. The molecule has 3 aromatic heterocycles. The number of carbonyl (C=O) groups is 1. The number of nitrogens with one attached hydrogen (secondary N) is 1.